The topological polar surface area (TPSA) is 65.0 Å². The van der Waals surface area contributed by atoms with Crippen LogP contribution >= 0.6 is 0 Å². The number of hydrogen-bond acceptors (Lipinski definition) is 5. The Kier molecular flexibility index (Phi) is 6.28. The number of benzene rings is 2. The molecule has 0 unspecified atom stereocenters. The van der Waals surface area contributed by atoms with E-state index in [1.165, 1.54) is 31.1 Å². The number of carbonyl (C=O) groups is 1. The first-order valence-electron chi connectivity index (χ1n) is 12.6. The van der Waals surface area contributed by atoms with Gasteiger partial charge in [0.2, 0.25) is 5.75 Å². The second kappa shape index (κ2) is 9.36. The summed E-state index contributed by atoms with van der Waals surface area (Å²) in [5, 5.41) is 10.5. The van der Waals surface area contributed by atoms with Gasteiger partial charge in [-0.15, -0.1) is 0 Å². The van der Waals surface area contributed by atoms with Crippen LogP contribution in [0.5, 0.6) is 17.2 Å². The molecule has 2 saturated carbocycles. The third-order valence-electron chi connectivity index (χ3n) is 7.67. The normalized spacial score (nSPS) is 19.3. The van der Waals surface area contributed by atoms with Gasteiger partial charge in [0.15, 0.2) is 11.5 Å². The summed E-state index contributed by atoms with van der Waals surface area (Å²) in [4.78, 5) is 13.1. The molecule has 2 aromatic carbocycles. The molecule has 2 aromatic rings. The van der Waals surface area contributed by atoms with Gasteiger partial charge in [-0.05, 0) is 85.8 Å². The fourth-order valence-electron chi connectivity index (χ4n) is 5.36. The van der Waals surface area contributed by atoms with Crippen molar-refractivity contribution < 1.29 is 24.1 Å². The average Bonchev–Trinajstić information content (AvgIpc) is 3.60. The van der Waals surface area contributed by atoms with Crippen molar-refractivity contribution in [3.8, 4) is 28.4 Å². The van der Waals surface area contributed by atoms with Gasteiger partial charge in [0.25, 0.3) is 0 Å². The molecule has 5 nitrogen and oxygen atoms in total. The van der Waals surface area contributed by atoms with Gasteiger partial charge in [0.05, 0.1) is 7.11 Å². The number of allylic oxidation sites excluding steroid dienone is 1. The maximum Gasteiger partial charge on any atom is 0.315 e. The van der Waals surface area contributed by atoms with E-state index in [9.17, 15) is 9.90 Å². The molecule has 3 aliphatic carbocycles. The largest absolute Gasteiger partial charge is 0.504 e. The van der Waals surface area contributed by atoms with Crippen LogP contribution in [0.25, 0.3) is 16.7 Å². The summed E-state index contributed by atoms with van der Waals surface area (Å²) in [5.41, 5.74) is 4.86. The van der Waals surface area contributed by atoms with Crippen LogP contribution in [-0.2, 0) is 16.0 Å². The van der Waals surface area contributed by atoms with Crippen LogP contribution in [0.1, 0.15) is 68.9 Å². The fourth-order valence-corrected chi connectivity index (χ4v) is 5.36. The number of esters is 1. The highest BCUT2D eigenvalue weighted by Gasteiger charge is 2.53. The molecule has 2 fully saturated rings. The molecule has 5 heteroatoms. The highest BCUT2D eigenvalue weighted by Crippen LogP contribution is 2.51. The first-order valence-corrected chi connectivity index (χ1v) is 12.6. The van der Waals surface area contributed by atoms with Crippen molar-refractivity contribution >= 4 is 11.5 Å². The van der Waals surface area contributed by atoms with Crippen molar-refractivity contribution in [2.45, 2.75) is 70.3 Å². The van der Waals surface area contributed by atoms with E-state index >= 15 is 0 Å². The van der Waals surface area contributed by atoms with E-state index < -0.39 is 5.41 Å². The van der Waals surface area contributed by atoms with Crippen LogP contribution in [0, 0.1) is 5.41 Å². The molecule has 0 aliphatic heterocycles. The molecule has 0 radical (unpaired) electrons. The van der Waals surface area contributed by atoms with Gasteiger partial charge >= 0.3 is 5.97 Å². The lowest BCUT2D eigenvalue weighted by atomic mass is 9.95. The molecule has 0 bridgehead atoms. The summed E-state index contributed by atoms with van der Waals surface area (Å²) in [5.74, 6) is 0.642. The van der Waals surface area contributed by atoms with Crippen LogP contribution in [-0.4, -0.2) is 30.9 Å². The van der Waals surface area contributed by atoms with E-state index in [-0.39, 0.29) is 24.4 Å². The summed E-state index contributed by atoms with van der Waals surface area (Å²) < 4.78 is 17.8. The van der Waals surface area contributed by atoms with E-state index in [1.807, 2.05) is 12.1 Å². The minimum atomic E-state index is -0.604. The molecule has 34 heavy (non-hydrogen) atoms. The van der Waals surface area contributed by atoms with E-state index in [0.29, 0.717) is 11.5 Å². The van der Waals surface area contributed by atoms with Crippen LogP contribution in [0.15, 0.2) is 36.9 Å². The lowest BCUT2D eigenvalue weighted by Crippen LogP contribution is -2.29. The van der Waals surface area contributed by atoms with Crippen LogP contribution in [0.2, 0.25) is 0 Å². The Balaban J connectivity index is 1.40. The predicted molar refractivity (Wildman–Crippen MR) is 132 cm³/mol. The highest BCUT2D eigenvalue weighted by atomic mass is 16.6. The zero-order valence-electron chi connectivity index (χ0n) is 20.0. The first-order chi connectivity index (χ1) is 16.5. The third kappa shape index (κ3) is 4.28. The number of aromatic hydroxyl groups is 1. The van der Waals surface area contributed by atoms with E-state index in [2.05, 4.69) is 18.7 Å². The Hall–Kier alpha value is -2.95. The Morgan fingerprint density at radius 3 is 2.44 bits per heavy atom. The van der Waals surface area contributed by atoms with Gasteiger partial charge in [-0.1, -0.05) is 37.6 Å². The zero-order valence-corrected chi connectivity index (χ0v) is 20.0. The van der Waals surface area contributed by atoms with Crippen molar-refractivity contribution in [2.24, 2.45) is 5.41 Å². The molecule has 180 valence electrons. The Morgan fingerprint density at radius 1 is 1.00 bits per heavy atom. The quantitative estimate of drug-likeness (QED) is 0.378. The summed E-state index contributed by atoms with van der Waals surface area (Å²) >= 11 is 0. The maximum absolute atomic E-state index is 13.1. The molecule has 5 rings (SSSR count). The minimum absolute atomic E-state index is 0.0177. The average molecular weight is 463 g/mol. The number of ether oxygens (including phenoxy) is 3. The fraction of sp³-hybridized carbons (Fsp3) is 0.483. The Morgan fingerprint density at radius 2 is 1.74 bits per heavy atom. The van der Waals surface area contributed by atoms with Gasteiger partial charge in [-0.25, -0.2) is 0 Å². The second-order valence-corrected chi connectivity index (χ2v) is 10.0. The van der Waals surface area contributed by atoms with E-state index in [1.54, 1.807) is 6.07 Å². The molecular formula is C29H34O5. The highest BCUT2D eigenvalue weighted by molar-refractivity contribution is 5.85. The van der Waals surface area contributed by atoms with Crippen molar-refractivity contribution in [1.82, 2.24) is 0 Å². The number of rotatable bonds is 7. The molecule has 0 saturated heterocycles. The monoisotopic (exact) mass is 462 g/mol. The van der Waals surface area contributed by atoms with Gasteiger partial charge in [-0.2, -0.15) is 0 Å². The van der Waals surface area contributed by atoms with Crippen LogP contribution < -0.4 is 9.47 Å². The van der Waals surface area contributed by atoms with Gasteiger partial charge in [-0.3, -0.25) is 4.79 Å². The van der Waals surface area contributed by atoms with Crippen molar-refractivity contribution in [2.75, 3.05) is 13.7 Å². The molecule has 0 aromatic heterocycles. The molecule has 1 N–H and O–H groups in total. The Bertz CT molecular complexity index is 1090. The van der Waals surface area contributed by atoms with Gasteiger partial charge < -0.3 is 19.3 Å². The van der Waals surface area contributed by atoms with Crippen LogP contribution in [0.3, 0.4) is 0 Å². The number of fused-ring (bicyclic) bond motifs is 1. The summed E-state index contributed by atoms with van der Waals surface area (Å²) in [6.07, 6.45) is 10.0. The third-order valence-corrected chi connectivity index (χ3v) is 7.67. The molecular weight excluding hydrogens is 428 g/mol. The lowest BCUT2D eigenvalue weighted by Gasteiger charge is -2.23. The lowest BCUT2D eigenvalue weighted by molar-refractivity contribution is -0.157. The van der Waals surface area contributed by atoms with E-state index in [4.69, 9.17) is 14.2 Å². The standard InChI is InChI=1S/C29H34O5/c1-19-12-13-23-21(19)10-7-11-22(23)24-14-15-25(30)27(32-2)26(24)33-18-29(16-17-29)28(31)34-20-8-5-3-4-6-9-20/h7,10-11,14-15,20,30H,1,3-6,8-9,12-13,16-18H2,2H3. The smallest absolute Gasteiger partial charge is 0.315 e. The number of carbonyl (C=O) groups excluding carboxylic acids is 1. The van der Waals surface area contributed by atoms with Crippen molar-refractivity contribution in [1.29, 1.82) is 0 Å². The number of phenolic OH excluding ortho intramolecular Hbond substituents is 1. The number of phenols is 1. The van der Waals surface area contributed by atoms with Crippen molar-refractivity contribution in [3.63, 3.8) is 0 Å². The number of hydrogen-bond donors (Lipinski definition) is 1. The molecule has 3 aliphatic rings. The SMILES string of the molecule is C=C1CCc2c1cccc2-c1ccc(O)c(OC)c1OCC1(C(=O)OC2CCCCCC2)CC1. The van der Waals surface area contributed by atoms with Crippen molar-refractivity contribution in [3.05, 3.63) is 48.0 Å². The molecule has 0 spiro atoms. The van der Waals surface area contributed by atoms with Gasteiger partial charge in [0.1, 0.15) is 18.1 Å². The summed E-state index contributed by atoms with van der Waals surface area (Å²) in [7, 11) is 1.52. The maximum atomic E-state index is 13.1. The number of methoxy groups -OCH3 is 1. The molecule has 0 atom stereocenters. The predicted octanol–water partition coefficient (Wildman–Crippen LogP) is 6.45. The zero-order chi connectivity index (χ0) is 23.7. The first kappa shape index (κ1) is 22.8. The Labute approximate surface area is 201 Å². The minimum Gasteiger partial charge on any atom is -0.504 e. The molecule has 0 heterocycles. The van der Waals surface area contributed by atoms with Crippen LogP contribution in [0.4, 0.5) is 0 Å². The molecule has 0 amide bonds. The summed E-state index contributed by atoms with van der Waals surface area (Å²) in [6.45, 7) is 4.42. The van der Waals surface area contributed by atoms with Gasteiger partial charge in [0, 0.05) is 5.56 Å². The summed E-state index contributed by atoms with van der Waals surface area (Å²) in [6, 6.07) is 9.71. The second-order valence-electron chi connectivity index (χ2n) is 10.0. The van der Waals surface area contributed by atoms with E-state index in [0.717, 1.165) is 68.1 Å².